The number of fused-ring (bicyclic) bond motifs is 3. The van der Waals surface area contributed by atoms with Crippen LogP contribution in [0.4, 0.5) is 0 Å². The van der Waals surface area contributed by atoms with E-state index in [-0.39, 0.29) is 5.56 Å². The molecule has 0 spiro atoms. The van der Waals surface area contributed by atoms with Gasteiger partial charge < -0.3 is 5.11 Å². The maximum Gasteiger partial charge on any atom is 0.262 e. The van der Waals surface area contributed by atoms with Crippen molar-refractivity contribution in [1.82, 2.24) is 28.9 Å². The quantitative estimate of drug-likeness (QED) is 0.586. The van der Waals surface area contributed by atoms with E-state index >= 15 is 0 Å². The van der Waals surface area contributed by atoms with Crippen LogP contribution in [0.5, 0.6) is 0 Å². The molecule has 25 heavy (non-hydrogen) atoms. The Morgan fingerprint density at radius 1 is 1.32 bits per heavy atom. The number of benzene rings is 1. The number of hydrogen-bond acceptors (Lipinski definition) is 5. The average Bonchev–Trinajstić information content (AvgIpc) is 3.04. The Morgan fingerprint density at radius 2 is 2.12 bits per heavy atom. The Hall–Kier alpha value is -2.71. The summed E-state index contributed by atoms with van der Waals surface area (Å²) in [4.78, 5) is 17.2. The van der Waals surface area contributed by atoms with Gasteiger partial charge in [0, 0.05) is 7.05 Å². The second kappa shape index (κ2) is 4.68. The predicted octanol–water partition coefficient (Wildman–Crippen LogP) is 1.40. The summed E-state index contributed by atoms with van der Waals surface area (Å²) in [7, 11) is 1.66. The fourth-order valence-electron chi connectivity index (χ4n) is 3.13. The zero-order valence-corrected chi connectivity index (χ0v) is 14.0. The van der Waals surface area contributed by atoms with Crippen LogP contribution in [0.1, 0.15) is 18.5 Å². The number of hydrogen-bond donors (Lipinski definition) is 1. The summed E-state index contributed by atoms with van der Waals surface area (Å²) < 4.78 is 4.77. The number of aromatic nitrogens is 6. The van der Waals surface area contributed by atoms with Crippen LogP contribution in [0.25, 0.3) is 22.4 Å². The Bertz CT molecular complexity index is 1220. The molecule has 1 aromatic carbocycles. The smallest absolute Gasteiger partial charge is 0.262 e. The van der Waals surface area contributed by atoms with Crippen LogP contribution in [-0.2, 0) is 12.6 Å². The summed E-state index contributed by atoms with van der Waals surface area (Å²) in [5.74, 6) is 0.462. The van der Waals surface area contributed by atoms with E-state index in [1.54, 1.807) is 36.1 Å². The highest BCUT2D eigenvalue weighted by Crippen LogP contribution is 2.44. The van der Waals surface area contributed by atoms with Crippen LogP contribution in [0.3, 0.4) is 0 Å². The molecule has 0 bridgehead atoms. The second-order valence-corrected chi connectivity index (χ2v) is 6.75. The van der Waals surface area contributed by atoms with Gasteiger partial charge in [0.25, 0.3) is 5.56 Å². The minimum atomic E-state index is -0.875. The van der Waals surface area contributed by atoms with Crippen molar-refractivity contribution in [3.63, 3.8) is 0 Å². The zero-order valence-electron chi connectivity index (χ0n) is 13.2. The number of halogens is 1. The van der Waals surface area contributed by atoms with E-state index in [2.05, 4.69) is 15.3 Å². The highest BCUT2D eigenvalue weighted by molar-refractivity contribution is 6.35. The highest BCUT2D eigenvalue weighted by atomic mass is 35.5. The molecule has 1 fully saturated rings. The standard InChI is InChI=1S/C16H13ClN6O2/c1-21-14-13(23-7-11(19-20-23)16(25)5-6-16)18-8-22(14)10-4-2-3-9(17)12(10)15(21)24/h2-4,7-8,25H,5-6H2,1H3. The minimum Gasteiger partial charge on any atom is -0.383 e. The van der Waals surface area contributed by atoms with Gasteiger partial charge in [-0.15, -0.1) is 5.10 Å². The van der Waals surface area contributed by atoms with Gasteiger partial charge in [0.15, 0.2) is 11.5 Å². The molecule has 5 rings (SSSR count). The molecule has 4 aromatic rings. The molecule has 8 nitrogen and oxygen atoms in total. The molecule has 3 heterocycles. The summed E-state index contributed by atoms with van der Waals surface area (Å²) in [6.45, 7) is 0. The molecule has 1 saturated carbocycles. The van der Waals surface area contributed by atoms with Gasteiger partial charge in [-0.1, -0.05) is 22.9 Å². The van der Waals surface area contributed by atoms with E-state index in [1.165, 1.54) is 9.25 Å². The number of aryl methyl sites for hydroxylation is 1. The molecule has 1 aliphatic carbocycles. The fraction of sp³-hybridized carbons (Fsp3) is 0.250. The largest absolute Gasteiger partial charge is 0.383 e. The maximum absolute atomic E-state index is 12.8. The van der Waals surface area contributed by atoms with Crippen molar-refractivity contribution in [3.05, 3.63) is 51.8 Å². The third-order valence-corrected chi connectivity index (χ3v) is 5.04. The van der Waals surface area contributed by atoms with Crippen LogP contribution in [-0.4, -0.2) is 34.1 Å². The van der Waals surface area contributed by atoms with Crippen molar-refractivity contribution < 1.29 is 5.11 Å². The number of aliphatic hydroxyl groups is 1. The lowest BCUT2D eigenvalue weighted by molar-refractivity contribution is 0.146. The Labute approximate surface area is 145 Å². The SMILES string of the molecule is Cn1c(=O)c2c(Cl)cccc2n2cnc(-n3cc(C4(O)CC4)nn3)c12. The van der Waals surface area contributed by atoms with Crippen LogP contribution < -0.4 is 5.56 Å². The average molecular weight is 357 g/mol. The molecule has 1 N–H and O–H groups in total. The summed E-state index contributed by atoms with van der Waals surface area (Å²) >= 11 is 6.22. The summed E-state index contributed by atoms with van der Waals surface area (Å²) in [6.07, 6.45) is 4.63. The van der Waals surface area contributed by atoms with Crippen molar-refractivity contribution in [3.8, 4) is 5.82 Å². The van der Waals surface area contributed by atoms with E-state index < -0.39 is 5.60 Å². The lowest BCUT2D eigenvalue weighted by Gasteiger charge is -2.09. The molecule has 0 amide bonds. The monoisotopic (exact) mass is 356 g/mol. The third kappa shape index (κ3) is 1.92. The minimum absolute atomic E-state index is 0.212. The summed E-state index contributed by atoms with van der Waals surface area (Å²) in [5.41, 5.74) is 0.669. The number of rotatable bonds is 2. The second-order valence-electron chi connectivity index (χ2n) is 6.34. The van der Waals surface area contributed by atoms with Crippen LogP contribution >= 0.6 is 11.6 Å². The lowest BCUT2D eigenvalue weighted by Crippen LogP contribution is -2.20. The van der Waals surface area contributed by atoms with Crippen LogP contribution in [0.2, 0.25) is 5.02 Å². The molecule has 126 valence electrons. The topological polar surface area (TPSA) is 90.2 Å². The molecule has 0 saturated heterocycles. The van der Waals surface area contributed by atoms with Gasteiger partial charge in [0.2, 0.25) is 0 Å². The first kappa shape index (κ1) is 14.6. The van der Waals surface area contributed by atoms with E-state index in [0.29, 0.717) is 45.9 Å². The first-order valence-electron chi connectivity index (χ1n) is 7.79. The van der Waals surface area contributed by atoms with E-state index in [1.807, 2.05) is 6.07 Å². The lowest BCUT2D eigenvalue weighted by atomic mass is 10.2. The first-order valence-corrected chi connectivity index (χ1v) is 8.17. The molecular weight excluding hydrogens is 344 g/mol. The fourth-order valence-corrected chi connectivity index (χ4v) is 3.38. The zero-order chi connectivity index (χ0) is 17.3. The molecule has 1 aliphatic rings. The Morgan fingerprint density at radius 3 is 2.88 bits per heavy atom. The van der Waals surface area contributed by atoms with Crippen molar-refractivity contribution in [1.29, 1.82) is 0 Å². The van der Waals surface area contributed by atoms with Gasteiger partial charge in [-0.25, -0.2) is 4.98 Å². The molecule has 0 atom stereocenters. The van der Waals surface area contributed by atoms with Crippen LogP contribution in [0.15, 0.2) is 35.5 Å². The predicted molar refractivity (Wildman–Crippen MR) is 91.0 cm³/mol. The molecule has 9 heteroatoms. The Balaban J connectivity index is 1.83. The van der Waals surface area contributed by atoms with Gasteiger partial charge in [0.05, 0.1) is 22.1 Å². The van der Waals surface area contributed by atoms with Crippen LogP contribution in [0, 0.1) is 0 Å². The number of imidazole rings is 1. The molecule has 0 unspecified atom stereocenters. The van der Waals surface area contributed by atoms with Gasteiger partial charge in [0.1, 0.15) is 17.6 Å². The normalized spacial score (nSPS) is 16.0. The Kier molecular flexibility index (Phi) is 2.73. The van der Waals surface area contributed by atoms with Crippen molar-refractivity contribution in [2.24, 2.45) is 7.05 Å². The van der Waals surface area contributed by atoms with Crippen molar-refractivity contribution >= 4 is 28.2 Å². The van der Waals surface area contributed by atoms with E-state index in [4.69, 9.17) is 11.6 Å². The molecular formula is C16H13ClN6O2. The van der Waals surface area contributed by atoms with Gasteiger partial charge >= 0.3 is 0 Å². The van der Waals surface area contributed by atoms with Crippen molar-refractivity contribution in [2.45, 2.75) is 18.4 Å². The van der Waals surface area contributed by atoms with Gasteiger partial charge in [-0.05, 0) is 25.0 Å². The number of nitrogens with zero attached hydrogens (tertiary/aromatic N) is 6. The van der Waals surface area contributed by atoms with E-state index in [0.717, 1.165) is 0 Å². The third-order valence-electron chi connectivity index (χ3n) is 4.72. The molecule has 0 aliphatic heterocycles. The summed E-state index contributed by atoms with van der Waals surface area (Å²) in [6, 6.07) is 5.30. The van der Waals surface area contributed by atoms with Gasteiger partial charge in [-0.3, -0.25) is 13.8 Å². The highest BCUT2D eigenvalue weighted by Gasteiger charge is 2.45. The molecule has 0 radical (unpaired) electrons. The van der Waals surface area contributed by atoms with Gasteiger partial charge in [-0.2, -0.15) is 4.68 Å². The summed E-state index contributed by atoms with van der Waals surface area (Å²) in [5, 5.41) is 19.1. The molecule has 3 aromatic heterocycles. The van der Waals surface area contributed by atoms with Crippen molar-refractivity contribution in [2.75, 3.05) is 0 Å². The first-order chi connectivity index (χ1) is 12.0. The van der Waals surface area contributed by atoms with E-state index in [9.17, 15) is 9.90 Å². The maximum atomic E-state index is 12.8.